The van der Waals surface area contributed by atoms with Crippen LogP contribution in [0, 0.1) is 5.92 Å². The van der Waals surface area contributed by atoms with Crippen LogP contribution in [0.1, 0.15) is 13.8 Å². The molecule has 0 rings (SSSR count). The van der Waals surface area contributed by atoms with Crippen molar-refractivity contribution in [3.05, 3.63) is 12.2 Å². The highest BCUT2D eigenvalue weighted by molar-refractivity contribution is 5.89. The van der Waals surface area contributed by atoms with E-state index in [1.54, 1.807) is 13.8 Å². The van der Waals surface area contributed by atoms with Crippen molar-refractivity contribution in [2.24, 2.45) is 11.7 Å². The molecule has 0 aromatic rings. The number of aliphatic carboxylic acids is 3. The zero-order valence-corrected chi connectivity index (χ0v) is 8.95. The Bertz CT molecular complexity index is 268. The van der Waals surface area contributed by atoms with E-state index < -0.39 is 23.9 Å². The van der Waals surface area contributed by atoms with Gasteiger partial charge in [0, 0.05) is 12.2 Å². The Kier molecular flexibility index (Phi) is 8.70. The largest absolute Gasteiger partial charge is 0.480 e. The second kappa shape index (κ2) is 8.42. The molecule has 0 amide bonds. The third-order valence-corrected chi connectivity index (χ3v) is 1.37. The van der Waals surface area contributed by atoms with Crippen LogP contribution in [-0.4, -0.2) is 39.3 Å². The van der Waals surface area contributed by atoms with E-state index in [2.05, 4.69) is 0 Å². The van der Waals surface area contributed by atoms with Crippen molar-refractivity contribution in [2.45, 2.75) is 19.9 Å². The molecule has 0 saturated carbocycles. The first-order valence-corrected chi connectivity index (χ1v) is 4.30. The van der Waals surface area contributed by atoms with E-state index in [-0.39, 0.29) is 5.92 Å². The maximum atomic E-state index is 10.0. The summed E-state index contributed by atoms with van der Waals surface area (Å²) in [4.78, 5) is 29.1. The van der Waals surface area contributed by atoms with Gasteiger partial charge in [0.15, 0.2) is 0 Å². The van der Waals surface area contributed by atoms with E-state index in [9.17, 15) is 14.4 Å². The Hall–Kier alpha value is -1.89. The standard InChI is InChI=1S/C5H11NO2.C4H4O4/c1-3(2)4(6)5(7)8;5-3(6)1-2-4(7)8/h3-4H,6H2,1-2H3,(H,7,8);1-2H,(H,5,6)(H,7,8)/b;2-1+/t4-;/m0./s1. The second-order valence-corrected chi connectivity index (χ2v) is 3.12. The van der Waals surface area contributed by atoms with E-state index in [0.717, 1.165) is 0 Å². The summed E-state index contributed by atoms with van der Waals surface area (Å²) in [6.07, 6.45) is 1.12. The Labute approximate surface area is 92.2 Å². The van der Waals surface area contributed by atoms with Crippen LogP contribution in [0.3, 0.4) is 0 Å². The van der Waals surface area contributed by atoms with Crippen molar-refractivity contribution in [3.8, 4) is 0 Å². The number of carboxylic acid groups (broad SMARTS) is 3. The molecule has 0 unspecified atom stereocenters. The molecule has 0 radical (unpaired) electrons. The van der Waals surface area contributed by atoms with Crippen LogP contribution in [0.4, 0.5) is 0 Å². The maximum Gasteiger partial charge on any atom is 0.328 e. The van der Waals surface area contributed by atoms with Gasteiger partial charge < -0.3 is 21.1 Å². The SMILES string of the molecule is CC(C)[C@H](N)C(=O)O.O=C(O)/C=C/C(=O)O. The van der Waals surface area contributed by atoms with Crippen LogP contribution < -0.4 is 5.73 Å². The van der Waals surface area contributed by atoms with Gasteiger partial charge in [-0.1, -0.05) is 13.8 Å². The van der Waals surface area contributed by atoms with Gasteiger partial charge in [-0.2, -0.15) is 0 Å². The van der Waals surface area contributed by atoms with Gasteiger partial charge in [-0.15, -0.1) is 0 Å². The fourth-order valence-electron chi connectivity index (χ4n) is 0.428. The summed E-state index contributed by atoms with van der Waals surface area (Å²) in [6, 6.07) is -0.713. The Morgan fingerprint density at radius 3 is 1.38 bits per heavy atom. The molecule has 0 bridgehead atoms. The molecule has 16 heavy (non-hydrogen) atoms. The number of carboxylic acids is 3. The maximum absolute atomic E-state index is 10.0. The normalized spacial score (nSPS) is 11.8. The number of rotatable bonds is 4. The summed E-state index contributed by atoms with van der Waals surface area (Å²) in [5.41, 5.74) is 5.16. The minimum atomic E-state index is -1.26. The molecule has 7 nitrogen and oxygen atoms in total. The van der Waals surface area contributed by atoms with Gasteiger partial charge in [0.2, 0.25) is 0 Å². The second-order valence-electron chi connectivity index (χ2n) is 3.12. The van der Waals surface area contributed by atoms with Gasteiger partial charge in [0.1, 0.15) is 6.04 Å². The minimum Gasteiger partial charge on any atom is -0.480 e. The van der Waals surface area contributed by atoms with Gasteiger partial charge in [-0.25, -0.2) is 9.59 Å². The van der Waals surface area contributed by atoms with Crippen molar-refractivity contribution < 1.29 is 29.7 Å². The smallest absolute Gasteiger partial charge is 0.328 e. The molecular weight excluding hydrogens is 218 g/mol. The number of nitrogens with two attached hydrogens (primary N) is 1. The molecule has 0 aliphatic rings. The number of hydrogen-bond acceptors (Lipinski definition) is 4. The first-order valence-electron chi connectivity index (χ1n) is 4.30. The van der Waals surface area contributed by atoms with Gasteiger partial charge in [0.25, 0.3) is 0 Å². The fourth-order valence-corrected chi connectivity index (χ4v) is 0.428. The molecule has 5 N–H and O–H groups in total. The lowest BCUT2D eigenvalue weighted by Gasteiger charge is -2.07. The molecule has 0 heterocycles. The molecule has 0 spiro atoms. The fraction of sp³-hybridized carbons (Fsp3) is 0.444. The van der Waals surface area contributed by atoms with Gasteiger partial charge in [0.05, 0.1) is 0 Å². The quantitative estimate of drug-likeness (QED) is 0.492. The molecule has 0 aromatic carbocycles. The highest BCUT2D eigenvalue weighted by Crippen LogP contribution is 1.96. The van der Waals surface area contributed by atoms with Crippen LogP contribution in [-0.2, 0) is 14.4 Å². The Morgan fingerprint density at radius 2 is 1.31 bits per heavy atom. The van der Waals surface area contributed by atoms with Crippen LogP contribution in [0.15, 0.2) is 12.2 Å². The lowest BCUT2D eigenvalue weighted by Crippen LogP contribution is -2.34. The monoisotopic (exact) mass is 233 g/mol. The minimum absolute atomic E-state index is 0.0208. The van der Waals surface area contributed by atoms with Crippen LogP contribution in [0.5, 0.6) is 0 Å². The van der Waals surface area contributed by atoms with E-state index >= 15 is 0 Å². The van der Waals surface area contributed by atoms with E-state index in [1.165, 1.54) is 0 Å². The Balaban J connectivity index is 0. The third-order valence-electron chi connectivity index (χ3n) is 1.37. The molecule has 0 aliphatic carbocycles. The van der Waals surface area contributed by atoms with Crippen molar-refractivity contribution in [1.82, 2.24) is 0 Å². The van der Waals surface area contributed by atoms with Gasteiger partial charge in [-0.3, -0.25) is 4.79 Å². The van der Waals surface area contributed by atoms with Crippen molar-refractivity contribution >= 4 is 17.9 Å². The molecule has 7 heteroatoms. The van der Waals surface area contributed by atoms with Gasteiger partial charge >= 0.3 is 17.9 Å². The van der Waals surface area contributed by atoms with Crippen LogP contribution in [0.2, 0.25) is 0 Å². The summed E-state index contributed by atoms with van der Waals surface area (Å²) in [7, 11) is 0. The summed E-state index contributed by atoms with van der Waals surface area (Å²) < 4.78 is 0. The number of carbonyl (C=O) groups is 3. The molecule has 0 saturated heterocycles. The van der Waals surface area contributed by atoms with E-state index in [0.29, 0.717) is 12.2 Å². The topological polar surface area (TPSA) is 138 Å². The van der Waals surface area contributed by atoms with Gasteiger partial charge in [-0.05, 0) is 5.92 Å². The first-order chi connectivity index (χ1) is 7.18. The highest BCUT2D eigenvalue weighted by atomic mass is 16.4. The zero-order chi connectivity index (χ0) is 13.3. The summed E-state index contributed by atoms with van der Waals surface area (Å²) in [6.45, 7) is 3.55. The molecule has 92 valence electrons. The van der Waals surface area contributed by atoms with E-state index in [4.69, 9.17) is 21.1 Å². The summed E-state index contributed by atoms with van der Waals surface area (Å²) in [5.74, 6) is -3.42. The lowest BCUT2D eigenvalue weighted by atomic mass is 10.1. The molecule has 1 atom stereocenters. The third kappa shape index (κ3) is 12.1. The molecule has 0 fully saturated rings. The van der Waals surface area contributed by atoms with E-state index in [1.807, 2.05) is 0 Å². The Morgan fingerprint density at radius 1 is 1.00 bits per heavy atom. The molecule has 0 aliphatic heterocycles. The number of hydrogen-bond donors (Lipinski definition) is 4. The highest BCUT2D eigenvalue weighted by Gasteiger charge is 2.14. The predicted octanol–water partition coefficient (Wildman–Crippen LogP) is -0.234. The predicted molar refractivity (Wildman–Crippen MR) is 54.9 cm³/mol. The van der Waals surface area contributed by atoms with Crippen molar-refractivity contribution in [1.29, 1.82) is 0 Å². The average molecular weight is 233 g/mol. The van der Waals surface area contributed by atoms with Crippen molar-refractivity contribution in [2.75, 3.05) is 0 Å². The molecule has 0 aromatic heterocycles. The van der Waals surface area contributed by atoms with Crippen LogP contribution in [0.25, 0.3) is 0 Å². The molecular formula is C9H15NO6. The zero-order valence-electron chi connectivity index (χ0n) is 8.95. The average Bonchev–Trinajstić information content (AvgIpc) is 2.14. The lowest BCUT2D eigenvalue weighted by molar-refractivity contribution is -0.139. The van der Waals surface area contributed by atoms with Crippen LogP contribution >= 0.6 is 0 Å². The summed E-state index contributed by atoms with van der Waals surface area (Å²) >= 11 is 0. The first kappa shape index (κ1) is 16.5. The van der Waals surface area contributed by atoms with Crippen molar-refractivity contribution in [3.63, 3.8) is 0 Å². The summed E-state index contributed by atoms with van der Waals surface area (Å²) in [5, 5.41) is 23.9.